The molecule has 0 radical (unpaired) electrons. The third kappa shape index (κ3) is 7.52. The number of amidine groups is 1. The van der Waals surface area contributed by atoms with E-state index >= 15 is 0 Å². The molecular weight excluding hydrogens is 613 g/mol. The van der Waals surface area contributed by atoms with Crippen LogP contribution in [0.2, 0.25) is 0 Å². The van der Waals surface area contributed by atoms with Crippen molar-refractivity contribution in [2.24, 2.45) is 10.4 Å². The quantitative estimate of drug-likeness (QED) is 0.128. The largest absolute Gasteiger partial charge is 0.465 e. The first-order valence-corrected chi connectivity index (χ1v) is 17.8. The zero-order chi connectivity index (χ0) is 35.4. The van der Waals surface area contributed by atoms with Gasteiger partial charge in [0.15, 0.2) is 0 Å². The highest BCUT2D eigenvalue weighted by atomic mass is 16.5. The highest BCUT2D eigenvalue weighted by molar-refractivity contribution is 6.06. The molecule has 0 saturated carbocycles. The predicted octanol–water partition coefficient (Wildman–Crippen LogP) is 10.4. The lowest BCUT2D eigenvalue weighted by molar-refractivity contribution is 0.301. The molecule has 50 heavy (non-hydrogen) atoms. The van der Waals surface area contributed by atoms with Crippen LogP contribution in [0.3, 0.4) is 0 Å². The number of ether oxygens (including phenoxy) is 1. The Balaban J connectivity index is 1.24. The molecule has 0 fully saturated rings. The van der Waals surface area contributed by atoms with Gasteiger partial charge in [-0.05, 0) is 83.0 Å². The van der Waals surface area contributed by atoms with Gasteiger partial charge in [-0.1, -0.05) is 132 Å². The molecule has 2 heterocycles. The topological polar surface area (TPSA) is 51.4 Å². The number of hydrogen-bond acceptors (Lipinski definition) is 4. The molecule has 0 bridgehead atoms. The van der Waals surface area contributed by atoms with Gasteiger partial charge in [-0.25, -0.2) is 0 Å². The van der Waals surface area contributed by atoms with E-state index in [2.05, 4.69) is 141 Å². The maximum Gasteiger partial charge on any atom is 0.297 e. The fraction of sp³-hybridized carbons (Fsp3) is 0.289. The summed E-state index contributed by atoms with van der Waals surface area (Å²) in [6.45, 7) is 25.8. The van der Waals surface area contributed by atoms with E-state index in [1.807, 2.05) is 13.0 Å². The SMILES string of the molecule is C=C1CN=C(c2ccccc2-c2ccc(Cn3c(OCC)nc4cccc(C(=C)CCc5ccc(CC(=C)C(C)(C)C)c(CC)c5)c43)cc2)N1. The van der Waals surface area contributed by atoms with Crippen molar-refractivity contribution in [3.05, 3.63) is 149 Å². The number of para-hydroxylation sites is 1. The van der Waals surface area contributed by atoms with E-state index in [1.54, 1.807) is 0 Å². The minimum atomic E-state index is 0.103. The Morgan fingerprint density at radius 3 is 2.30 bits per heavy atom. The van der Waals surface area contributed by atoms with Gasteiger partial charge in [0.05, 0.1) is 30.7 Å². The molecule has 0 saturated heterocycles. The summed E-state index contributed by atoms with van der Waals surface area (Å²) in [5.74, 6) is 0.874. The van der Waals surface area contributed by atoms with Gasteiger partial charge in [-0.15, -0.1) is 0 Å². The van der Waals surface area contributed by atoms with Gasteiger partial charge in [-0.3, -0.25) is 9.56 Å². The van der Waals surface area contributed by atoms with Crippen LogP contribution in [-0.4, -0.2) is 28.5 Å². The van der Waals surface area contributed by atoms with E-state index in [4.69, 9.17) is 9.72 Å². The zero-order valence-corrected chi connectivity index (χ0v) is 30.4. The number of benzene rings is 4. The summed E-state index contributed by atoms with van der Waals surface area (Å²) in [7, 11) is 0. The van der Waals surface area contributed by atoms with Gasteiger partial charge in [-0.2, -0.15) is 4.98 Å². The predicted molar refractivity (Wildman–Crippen MR) is 211 cm³/mol. The lowest BCUT2D eigenvalue weighted by Crippen LogP contribution is -2.18. The molecule has 1 aliphatic rings. The molecule has 5 aromatic rings. The van der Waals surface area contributed by atoms with Gasteiger partial charge >= 0.3 is 0 Å². The fourth-order valence-corrected chi connectivity index (χ4v) is 6.58. The van der Waals surface area contributed by atoms with Crippen LogP contribution in [0.5, 0.6) is 6.01 Å². The van der Waals surface area contributed by atoms with Crippen molar-refractivity contribution in [3.63, 3.8) is 0 Å². The number of aryl methyl sites for hydroxylation is 2. The number of rotatable bonds is 13. The second kappa shape index (κ2) is 14.8. The van der Waals surface area contributed by atoms with Crippen molar-refractivity contribution >= 4 is 22.4 Å². The summed E-state index contributed by atoms with van der Waals surface area (Å²) in [5, 5.41) is 3.33. The van der Waals surface area contributed by atoms with Crippen LogP contribution in [0.1, 0.15) is 74.4 Å². The first kappa shape index (κ1) is 34.7. The van der Waals surface area contributed by atoms with Gasteiger partial charge in [0, 0.05) is 16.8 Å². The van der Waals surface area contributed by atoms with Crippen molar-refractivity contribution in [2.45, 2.75) is 66.8 Å². The lowest BCUT2D eigenvalue weighted by atomic mass is 9.82. The van der Waals surface area contributed by atoms with Gasteiger partial charge in [0.1, 0.15) is 5.84 Å². The Kier molecular flexibility index (Phi) is 10.2. The van der Waals surface area contributed by atoms with Gasteiger partial charge in [0.25, 0.3) is 6.01 Å². The number of aromatic nitrogens is 2. The first-order valence-electron chi connectivity index (χ1n) is 17.8. The van der Waals surface area contributed by atoms with Crippen LogP contribution < -0.4 is 10.1 Å². The fourth-order valence-electron chi connectivity index (χ4n) is 6.58. The molecule has 6 rings (SSSR count). The lowest BCUT2D eigenvalue weighted by Gasteiger charge is -2.23. The summed E-state index contributed by atoms with van der Waals surface area (Å²) >= 11 is 0. The minimum absolute atomic E-state index is 0.103. The Labute approximate surface area is 298 Å². The smallest absolute Gasteiger partial charge is 0.297 e. The van der Waals surface area contributed by atoms with E-state index in [1.165, 1.54) is 22.3 Å². The van der Waals surface area contributed by atoms with Crippen molar-refractivity contribution in [3.8, 4) is 17.1 Å². The average Bonchev–Trinajstić information content (AvgIpc) is 3.70. The highest BCUT2D eigenvalue weighted by Crippen LogP contribution is 2.33. The molecule has 5 nitrogen and oxygen atoms in total. The summed E-state index contributed by atoms with van der Waals surface area (Å²) < 4.78 is 8.31. The summed E-state index contributed by atoms with van der Waals surface area (Å²) in [4.78, 5) is 9.57. The van der Waals surface area contributed by atoms with Crippen molar-refractivity contribution in [1.82, 2.24) is 14.9 Å². The summed E-state index contributed by atoms with van der Waals surface area (Å²) in [6, 6.07) is 31.0. The number of nitrogens with zero attached hydrogens (tertiary/aromatic N) is 3. The molecule has 5 heteroatoms. The number of allylic oxidation sites excluding steroid dienone is 2. The number of imidazole rings is 1. The maximum atomic E-state index is 6.11. The molecule has 0 unspecified atom stereocenters. The Morgan fingerprint density at radius 2 is 1.62 bits per heavy atom. The molecule has 1 N–H and O–H groups in total. The van der Waals surface area contributed by atoms with Crippen molar-refractivity contribution in [1.29, 1.82) is 0 Å². The second-order valence-corrected chi connectivity index (χ2v) is 14.3. The average molecular weight is 663 g/mol. The molecule has 0 aliphatic carbocycles. The second-order valence-electron chi connectivity index (χ2n) is 14.3. The summed E-state index contributed by atoms with van der Waals surface area (Å²) in [6.07, 6.45) is 3.71. The van der Waals surface area contributed by atoms with Gasteiger partial charge < -0.3 is 10.1 Å². The molecule has 0 atom stereocenters. The van der Waals surface area contributed by atoms with E-state index in [0.29, 0.717) is 25.7 Å². The van der Waals surface area contributed by atoms with E-state index in [0.717, 1.165) is 81.6 Å². The Hall–Kier alpha value is -5.16. The molecule has 1 aromatic heterocycles. The van der Waals surface area contributed by atoms with Crippen LogP contribution in [0.4, 0.5) is 0 Å². The zero-order valence-electron chi connectivity index (χ0n) is 30.4. The standard InChI is InChI=1S/C45H50N4O/c1-9-35-27-33(20-25-37(35)26-31(4)45(6,7)8)19-18-30(3)38-16-13-17-41-42(38)49(44(48-41)50-10-2)29-34-21-23-36(24-22-34)39-14-11-12-15-40(39)43-46-28-32(5)47-43/h11-17,20-25,27H,3-5,9-10,18-19,26,28-29H2,1-2,6-8H3,(H,46,47). The maximum absolute atomic E-state index is 6.11. The van der Waals surface area contributed by atoms with Crippen molar-refractivity contribution < 1.29 is 4.74 Å². The number of hydrogen-bond donors (Lipinski definition) is 1. The number of fused-ring (bicyclic) bond motifs is 1. The van der Waals surface area contributed by atoms with E-state index in [9.17, 15) is 0 Å². The van der Waals surface area contributed by atoms with E-state index in [-0.39, 0.29) is 5.41 Å². The molecule has 0 spiro atoms. The minimum Gasteiger partial charge on any atom is -0.465 e. The molecular formula is C45H50N4O. The number of nitrogens with one attached hydrogen (secondary N) is 1. The van der Waals surface area contributed by atoms with Crippen LogP contribution in [0, 0.1) is 5.41 Å². The highest BCUT2D eigenvalue weighted by Gasteiger charge is 2.20. The monoisotopic (exact) mass is 662 g/mol. The van der Waals surface area contributed by atoms with Crippen LogP contribution in [-0.2, 0) is 25.8 Å². The van der Waals surface area contributed by atoms with Crippen LogP contribution >= 0.6 is 0 Å². The normalized spacial score (nSPS) is 13.0. The third-order valence-corrected chi connectivity index (χ3v) is 9.73. The molecule has 4 aromatic carbocycles. The Morgan fingerprint density at radius 1 is 0.880 bits per heavy atom. The van der Waals surface area contributed by atoms with E-state index < -0.39 is 0 Å². The molecule has 256 valence electrons. The van der Waals surface area contributed by atoms with Crippen LogP contribution in [0.25, 0.3) is 27.7 Å². The summed E-state index contributed by atoms with van der Waals surface area (Å²) in [5.41, 5.74) is 15.1. The van der Waals surface area contributed by atoms with Crippen LogP contribution in [0.15, 0.2) is 121 Å². The first-order chi connectivity index (χ1) is 24.0. The number of aliphatic imine (C=N–C) groups is 1. The Bertz CT molecular complexity index is 2090. The van der Waals surface area contributed by atoms with Gasteiger partial charge in [0.2, 0.25) is 0 Å². The molecule has 0 amide bonds. The molecule has 1 aliphatic heterocycles. The van der Waals surface area contributed by atoms with Crippen molar-refractivity contribution in [2.75, 3.05) is 13.2 Å². The third-order valence-electron chi connectivity index (χ3n) is 9.73.